The number of carbonyl (C=O) groups excluding carboxylic acids is 1. The Kier molecular flexibility index (Phi) is 6.56. The normalized spacial score (nSPS) is 12.5. The van der Waals surface area contributed by atoms with E-state index < -0.39 is 23.8 Å². The average molecular weight is 435 g/mol. The van der Waals surface area contributed by atoms with Crippen LogP contribution in [0, 0.1) is 0 Å². The fourth-order valence-corrected chi connectivity index (χ4v) is 3.85. The van der Waals surface area contributed by atoms with Crippen LogP contribution in [0.25, 0.3) is 10.8 Å². The van der Waals surface area contributed by atoms with E-state index in [1.165, 1.54) is 30.2 Å². The lowest BCUT2D eigenvalue weighted by Crippen LogP contribution is -2.37. The summed E-state index contributed by atoms with van der Waals surface area (Å²) in [6.07, 6.45) is -1.44. The topological polar surface area (TPSA) is 92.2 Å². The Morgan fingerprint density at radius 1 is 1.13 bits per heavy atom. The molecule has 2 aromatic heterocycles. The molecule has 30 heavy (non-hydrogen) atoms. The predicted octanol–water partition coefficient (Wildman–Crippen LogP) is 3.68. The van der Waals surface area contributed by atoms with Gasteiger partial charge in [0.05, 0.1) is 11.3 Å². The van der Waals surface area contributed by atoms with Crippen molar-refractivity contribution in [3.63, 3.8) is 0 Å². The molecule has 0 aliphatic carbocycles. The molecule has 0 saturated carbocycles. The Hall–Kier alpha value is -3.14. The van der Waals surface area contributed by atoms with Gasteiger partial charge in [0.15, 0.2) is 0 Å². The van der Waals surface area contributed by atoms with Gasteiger partial charge in [0.2, 0.25) is 6.41 Å². The van der Waals surface area contributed by atoms with E-state index in [9.17, 15) is 22.8 Å². The van der Waals surface area contributed by atoms with E-state index in [0.717, 1.165) is 6.07 Å². The second kappa shape index (κ2) is 9.12. The third kappa shape index (κ3) is 5.07. The van der Waals surface area contributed by atoms with Gasteiger partial charge in [0.25, 0.3) is 0 Å². The monoisotopic (exact) mass is 435 g/mol. The highest BCUT2D eigenvalue weighted by Gasteiger charge is 2.32. The molecule has 0 aliphatic heterocycles. The van der Waals surface area contributed by atoms with E-state index in [1.54, 1.807) is 24.3 Å². The van der Waals surface area contributed by atoms with Crippen LogP contribution in [0.15, 0.2) is 53.7 Å². The Morgan fingerprint density at radius 2 is 1.87 bits per heavy atom. The molecule has 3 rings (SSSR count). The van der Waals surface area contributed by atoms with Crippen molar-refractivity contribution >= 4 is 34.9 Å². The van der Waals surface area contributed by atoms with Crippen molar-refractivity contribution in [3.8, 4) is 0 Å². The molecule has 2 heterocycles. The number of carbonyl (C=O) groups is 2. The molecule has 0 radical (unpaired) electrons. The second-order valence-electron chi connectivity index (χ2n) is 6.32. The summed E-state index contributed by atoms with van der Waals surface area (Å²) in [5.41, 5.74) is 0.361. The van der Waals surface area contributed by atoms with Gasteiger partial charge in [0, 0.05) is 40.5 Å². The Bertz CT molecular complexity index is 1080. The molecule has 6 nitrogen and oxygen atoms in total. The fourth-order valence-electron chi connectivity index (χ4n) is 2.91. The third-order valence-electron chi connectivity index (χ3n) is 4.29. The highest BCUT2D eigenvalue weighted by atomic mass is 32.2. The minimum absolute atomic E-state index is 0.0113. The number of aromatic nitrogens is 2. The Morgan fingerprint density at radius 3 is 2.57 bits per heavy atom. The van der Waals surface area contributed by atoms with Crippen molar-refractivity contribution < 1.29 is 27.9 Å². The van der Waals surface area contributed by atoms with E-state index in [0.29, 0.717) is 33.8 Å². The summed E-state index contributed by atoms with van der Waals surface area (Å²) in [6.45, 7) is 0. The van der Waals surface area contributed by atoms with E-state index in [4.69, 9.17) is 5.11 Å². The molecule has 1 amide bonds. The molecule has 10 heteroatoms. The van der Waals surface area contributed by atoms with Gasteiger partial charge < -0.3 is 10.4 Å². The highest BCUT2D eigenvalue weighted by Crippen LogP contribution is 2.37. The molecule has 0 spiro atoms. The lowest BCUT2D eigenvalue weighted by molar-refractivity contribution is -0.140. The SMILES string of the molecule is O=CNC(Cc1cccc(CSc2cncc3c(C(F)(F)F)cccc23)n1)C(=O)O. The van der Waals surface area contributed by atoms with Crippen LogP contribution in [0.5, 0.6) is 0 Å². The minimum Gasteiger partial charge on any atom is -0.480 e. The zero-order chi connectivity index (χ0) is 21.7. The fraction of sp³-hybridized carbons (Fsp3) is 0.200. The van der Waals surface area contributed by atoms with Crippen LogP contribution in [-0.2, 0) is 27.9 Å². The smallest absolute Gasteiger partial charge is 0.417 e. The number of benzene rings is 1. The standard InChI is InChI=1S/C20H16F3N3O3S/c21-20(22,23)16-6-2-5-14-15(16)8-24-9-18(14)30-10-13-4-1-3-12(26-13)7-17(19(28)29)25-11-27/h1-6,8-9,11,17H,7,10H2,(H,25,27)(H,28,29). The number of hydrogen-bond donors (Lipinski definition) is 2. The van der Waals surface area contributed by atoms with Crippen LogP contribution in [0.4, 0.5) is 13.2 Å². The maximum atomic E-state index is 13.2. The summed E-state index contributed by atoms with van der Waals surface area (Å²) < 4.78 is 39.7. The van der Waals surface area contributed by atoms with Crippen LogP contribution in [-0.4, -0.2) is 33.5 Å². The molecule has 1 aromatic carbocycles. The number of rotatable bonds is 8. The van der Waals surface area contributed by atoms with Crippen molar-refractivity contribution in [1.82, 2.24) is 15.3 Å². The van der Waals surface area contributed by atoms with Crippen molar-refractivity contribution in [2.75, 3.05) is 0 Å². The van der Waals surface area contributed by atoms with E-state index >= 15 is 0 Å². The maximum Gasteiger partial charge on any atom is 0.417 e. The molecule has 1 unspecified atom stereocenters. The largest absolute Gasteiger partial charge is 0.480 e. The molecule has 0 saturated heterocycles. The summed E-state index contributed by atoms with van der Waals surface area (Å²) in [7, 11) is 0. The van der Waals surface area contributed by atoms with Gasteiger partial charge >= 0.3 is 12.1 Å². The predicted molar refractivity (Wildman–Crippen MR) is 105 cm³/mol. The van der Waals surface area contributed by atoms with Gasteiger partial charge in [-0.15, -0.1) is 11.8 Å². The zero-order valence-electron chi connectivity index (χ0n) is 15.4. The zero-order valence-corrected chi connectivity index (χ0v) is 16.2. The van der Waals surface area contributed by atoms with Crippen LogP contribution in [0.3, 0.4) is 0 Å². The van der Waals surface area contributed by atoms with E-state index in [2.05, 4.69) is 15.3 Å². The van der Waals surface area contributed by atoms with Crippen molar-refractivity contribution in [2.45, 2.75) is 29.3 Å². The summed E-state index contributed by atoms with van der Waals surface area (Å²) in [4.78, 5) is 30.6. The number of carboxylic acids is 1. The maximum absolute atomic E-state index is 13.2. The molecular weight excluding hydrogens is 419 g/mol. The van der Waals surface area contributed by atoms with Gasteiger partial charge in [0.1, 0.15) is 6.04 Å². The first kappa shape index (κ1) is 21.6. The number of nitrogens with zero attached hydrogens (tertiary/aromatic N) is 2. The summed E-state index contributed by atoms with van der Waals surface area (Å²) >= 11 is 1.29. The number of hydrogen-bond acceptors (Lipinski definition) is 5. The minimum atomic E-state index is -4.48. The number of amides is 1. The third-order valence-corrected chi connectivity index (χ3v) is 5.37. The lowest BCUT2D eigenvalue weighted by atomic mass is 10.1. The van der Waals surface area contributed by atoms with Crippen molar-refractivity contribution in [2.24, 2.45) is 0 Å². The molecule has 1 atom stereocenters. The number of fused-ring (bicyclic) bond motifs is 1. The van der Waals surface area contributed by atoms with Gasteiger partial charge in [-0.3, -0.25) is 14.8 Å². The summed E-state index contributed by atoms with van der Waals surface area (Å²) in [5, 5.41) is 11.8. The van der Waals surface area contributed by atoms with E-state index in [-0.39, 0.29) is 11.8 Å². The first-order valence-electron chi connectivity index (χ1n) is 8.73. The number of nitrogens with one attached hydrogen (secondary N) is 1. The van der Waals surface area contributed by atoms with Crippen LogP contribution < -0.4 is 5.32 Å². The van der Waals surface area contributed by atoms with Crippen molar-refractivity contribution in [1.29, 1.82) is 0 Å². The molecule has 2 N–H and O–H groups in total. The number of thioether (sulfide) groups is 1. The highest BCUT2D eigenvalue weighted by molar-refractivity contribution is 7.98. The molecule has 0 aliphatic rings. The Labute approximate surface area is 173 Å². The van der Waals surface area contributed by atoms with Crippen LogP contribution in [0.2, 0.25) is 0 Å². The lowest BCUT2D eigenvalue weighted by Gasteiger charge is -2.13. The average Bonchev–Trinajstić information content (AvgIpc) is 2.71. The number of pyridine rings is 2. The molecule has 156 valence electrons. The molecule has 3 aromatic rings. The number of alkyl halides is 3. The number of halogens is 3. The van der Waals surface area contributed by atoms with Crippen LogP contribution in [0.1, 0.15) is 17.0 Å². The van der Waals surface area contributed by atoms with Gasteiger partial charge in [-0.25, -0.2) is 4.79 Å². The van der Waals surface area contributed by atoms with Gasteiger partial charge in [-0.1, -0.05) is 18.2 Å². The van der Waals surface area contributed by atoms with Crippen molar-refractivity contribution in [3.05, 3.63) is 65.7 Å². The molecular formula is C20H16F3N3O3S. The molecule has 0 fully saturated rings. The number of aliphatic carboxylic acids is 1. The number of carboxylic acid groups (broad SMARTS) is 1. The van der Waals surface area contributed by atoms with Crippen LogP contribution >= 0.6 is 11.8 Å². The quantitative estimate of drug-likeness (QED) is 0.414. The van der Waals surface area contributed by atoms with Gasteiger partial charge in [-0.05, 0) is 23.6 Å². The van der Waals surface area contributed by atoms with E-state index in [1.807, 2.05) is 0 Å². The van der Waals surface area contributed by atoms with Gasteiger partial charge in [-0.2, -0.15) is 13.2 Å². The molecule has 0 bridgehead atoms. The summed E-state index contributed by atoms with van der Waals surface area (Å²) in [5.74, 6) is -0.824. The Balaban J connectivity index is 1.80. The summed E-state index contributed by atoms with van der Waals surface area (Å²) in [6, 6.07) is 7.99. The first-order valence-corrected chi connectivity index (χ1v) is 9.72. The second-order valence-corrected chi connectivity index (χ2v) is 7.34. The first-order chi connectivity index (χ1) is 14.3.